The van der Waals surface area contributed by atoms with Crippen molar-refractivity contribution in [3.8, 4) is 0 Å². The Morgan fingerprint density at radius 2 is 2.17 bits per heavy atom. The van der Waals surface area contributed by atoms with Crippen molar-refractivity contribution >= 4 is 5.91 Å². The smallest absolute Gasteiger partial charge is 0.220 e. The number of amides is 1. The molecule has 1 aliphatic rings. The molecule has 0 bridgehead atoms. The van der Waals surface area contributed by atoms with Crippen LogP contribution in [0, 0.1) is 5.92 Å². The molecule has 0 aromatic heterocycles. The van der Waals surface area contributed by atoms with E-state index in [1.165, 1.54) is 12.8 Å². The predicted molar refractivity (Wildman–Crippen MR) is 74.6 cm³/mol. The highest BCUT2D eigenvalue weighted by Gasteiger charge is 2.14. The molecule has 1 rings (SSSR count). The van der Waals surface area contributed by atoms with Crippen LogP contribution in [0.1, 0.15) is 39.5 Å². The first-order valence-corrected chi connectivity index (χ1v) is 7.38. The maximum absolute atomic E-state index is 11.7. The van der Waals surface area contributed by atoms with Gasteiger partial charge in [0.2, 0.25) is 5.91 Å². The minimum Gasteiger partial charge on any atom is -0.355 e. The fraction of sp³-hybridized carbons (Fsp3) is 0.929. The highest BCUT2D eigenvalue weighted by atomic mass is 16.1. The quantitative estimate of drug-likeness (QED) is 0.708. The Kier molecular flexibility index (Phi) is 8.01. The van der Waals surface area contributed by atoms with Gasteiger partial charge in [-0.25, -0.2) is 5.32 Å². The number of nitrogens with zero attached hydrogens (tertiary/aromatic N) is 2. The van der Waals surface area contributed by atoms with E-state index in [2.05, 4.69) is 29.4 Å². The van der Waals surface area contributed by atoms with E-state index in [4.69, 9.17) is 0 Å². The van der Waals surface area contributed by atoms with E-state index in [-0.39, 0.29) is 5.91 Å². The minimum atomic E-state index is 0.202. The largest absolute Gasteiger partial charge is 0.355 e. The van der Waals surface area contributed by atoms with Crippen LogP contribution in [0.15, 0.2) is 0 Å². The lowest BCUT2D eigenvalue weighted by Gasteiger charge is -2.21. The molecule has 18 heavy (non-hydrogen) atoms. The number of piperidine rings is 1. The van der Waals surface area contributed by atoms with Crippen molar-refractivity contribution in [2.24, 2.45) is 5.92 Å². The molecule has 1 radical (unpaired) electrons. The van der Waals surface area contributed by atoms with Gasteiger partial charge in [0.05, 0.1) is 0 Å². The van der Waals surface area contributed by atoms with Gasteiger partial charge in [-0.05, 0) is 38.3 Å². The fourth-order valence-corrected chi connectivity index (χ4v) is 2.41. The first-order valence-electron chi connectivity index (χ1n) is 7.38. The van der Waals surface area contributed by atoms with E-state index in [0.29, 0.717) is 12.3 Å². The summed E-state index contributed by atoms with van der Waals surface area (Å²) in [7, 11) is 0. The molecule has 1 atom stereocenters. The van der Waals surface area contributed by atoms with E-state index < -0.39 is 0 Å². The highest BCUT2D eigenvalue weighted by molar-refractivity contribution is 5.75. The summed E-state index contributed by atoms with van der Waals surface area (Å²) in [5.41, 5.74) is 0. The normalized spacial score (nSPS) is 20.1. The van der Waals surface area contributed by atoms with Gasteiger partial charge in [0.1, 0.15) is 0 Å². The number of hydrogen-bond acceptors (Lipinski definition) is 2. The Labute approximate surface area is 111 Å². The van der Waals surface area contributed by atoms with Gasteiger partial charge in [-0.1, -0.05) is 13.8 Å². The summed E-state index contributed by atoms with van der Waals surface area (Å²) >= 11 is 0. The first kappa shape index (κ1) is 15.4. The summed E-state index contributed by atoms with van der Waals surface area (Å²) in [6.45, 7) is 10.1. The molecule has 1 fully saturated rings. The van der Waals surface area contributed by atoms with E-state index in [0.717, 1.165) is 45.7 Å². The van der Waals surface area contributed by atoms with Crippen molar-refractivity contribution in [1.29, 1.82) is 0 Å². The lowest BCUT2D eigenvalue weighted by Crippen LogP contribution is -2.35. The van der Waals surface area contributed by atoms with Crippen molar-refractivity contribution < 1.29 is 4.79 Å². The van der Waals surface area contributed by atoms with Gasteiger partial charge in [-0.2, -0.15) is 0 Å². The zero-order chi connectivity index (χ0) is 13.2. The van der Waals surface area contributed by atoms with Gasteiger partial charge in [0.15, 0.2) is 0 Å². The Morgan fingerprint density at radius 3 is 2.78 bits per heavy atom. The number of carbonyl (C=O) groups excluding carboxylic acids is 1. The average molecular weight is 254 g/mol. The maximum atomic E-state index is 11.7. The predicted octanol–water partition coefficient (Wildman–Crippen LogP) is 1.24. The van der Waals surface area contributed by atoms with Crippen molar-refractivity contribution in [3.05, 3.63) is 0 Å². The summed E-state index contributed by atoms with van der Waals surface area (Å²) in [4.78, 5) is 14.0. The summed E-state index contributed by atoms with van der Waals surface area (Å²) in [6, 6.07) is 0. The number of rotatable bonds is 8. The second-order valence-electron chi connectivity index (χ2n) is 5.05. The molecule has 0 spiro atoms. The van der Waals surface area contributed by atoms with Gasteiger partial charge in [-0.15, -0.1) is 0 Å². The van der Waals surface area contributed by atoms with Gasteiger partial charge in [0, 0.05) is 32.6 Å². The molecule has 1 N–H and O–H groups in total. The molecule has 1 saturated heterocycles. The second-order valence-corrected chi connectivity index (χ2v) is 5.05. The van der Waals surface area contributed by atoms with Crippen LogP contribution in [-0.2, 0) is 4.79 Å². The Bertz CT molecular complexity index is 223. The Balaban J connectivity index is 2.02. The van der Waals surface area contributed by atoms with Crippen LogP contribution >= 0.6 is 0 Å². The summed E-state index contributed by atoms with van der Waals surface area (Å²) < 4.78 is 0. The summed E-state index contributed by atoms with van der Waals surface area (Å²) in [5.74, 6) is 0.847. The van der Waals surface area contributed by atoms with Gasteiger partial charge in [-0.3, -0.25) is 4.79 Å². The molecule has 1 amide bonds. The topological polar surface area (TPSA) is 46.4 Å². The molecule has 0 aromatic carbocycles. The SMILES string of the molecule is CCN(CC)CCNC(=O)CCC1CCC[N]C1. The minimum absolute atomic E-state index is 0.202. The first-order chi connectivity index (χ1) is 8.76. The van der Waals surface area contributed by atoms with Gasteiger partial charge < -0.3 is 10.2 Å². The summed E-state index contributed by atoms with van der Waals surface area (Å²) in [5, 5.41) is 7.42. The van der Waals surface area contributed by atoms with Crippen LogP contribution in [-0.4, -0.2) is 50.1 Å². The lowest BCUT2D eigenvalue weighted by molar-refractivity contribution is -0.121. The van der Waals surface area contributed by atoms with E-state index in [9.17, 15) is 4.79 Å². The number of nitrogens with one attached hydrogen (secondary N) is 1. The van der Waals surface area contributed by atoms with Crippen LogP contribution in [0.25, 0.3) is 0 Å². The fourth-order valence-electron chi connectivity index (χ4n) is 2.41. The molecule has 1 aliphatic heterocycles. The van der Waals surface area contributed by atoms with E-state index in [1.807, 2.05) is 0 Å². The zero-order valence-corrected chi connectivity index (χ0v) is 12.0. The molecule has 4 heteroatoms. The third kappa shape index (κ3) is 6.36. The molecular weight excluding hydrogens is 226 g/mol. The van der Waals surface area contributed by atoms with Crippen molar-refractivity contribution in [2.75, 3.05) is 39.3 Å². The van der Waals surface area contributed by atoms with Crippen LogP contribution < -0.4 is 10.6 Å². The molecule has 1 unspecified atom stereocenters. The monoisotopic (exact) mass is 254 g/mol. The third-order valence-corrected chi connectivity index (χ3v) is 3.74. The number of likely N-dealkylation sites (N-methyl/N-ethyl adjacent to an activating group) is 1. The third-order valence-electron chi connectivity index (χ3n) is 3.74. The van der Waals surface area contributed by atoms with Crippen molar-refractivity contribution in [1.82, 2.24) is 15.5 Å². The number of carbonyl (C=O) groups is 1. The molecule has 0 aromatic rings. The lowest BCUT2D eigenvalue weighted by atomic mass is 9.94. The molecule has 0 aliphatic carbocycles. The second kappa shape index (κ2) is 9.34. The van der Waals surface area contributed by atoms with Crippen LogP contribution in [0.3, 0.4) is 0 Å². The Hall–Kier alpha value is -0.610. The van der Waals surface area contributed by atoms with Crippen LogP contribution in [0.2, 0.25) is 0 Å². The maximum Gasteiger partial charge on any atom is 0.220 e. The highest BCUT2D eigenvalue weighted by Crippen LogP contribution is 2.16. The van der Waals surface area contributed by atoms with E-state index in [1.54, 1.807) is 0 Å². The van der Waals surface area contributed by atoms with Crippen molar-refractivity contribution in [3.63, 3.8) is 0 Å². The van der Waals surface area contributed by atoms with Gasteiger partial charge in [0.25, 0.3) is 0 Å². The van der Waals surface area contributed by atoms with E-state index >= 15 is 0 Å². The number of hydrogen-bond donors (Lipinski definition) is 1. The summed E-state index contributed by atoms with van der Waals surface area (Å²) in [6.07, 6.45) is 4.11. The zero-order valence-electron chi connectivity index (χ0n) is 12.0. The molecule has 105 valence electrons. The molecule has 1 heterocycles. The van der Waals surface area contributed by atoms with Gasteiger partial charge >= 0.3 is 0 Å². The standard InChI is InChI=1S/C14H28N3O/c1-3-17(4-2)11-10-16-14(18)8-7-13-6-5-9-15-12-13/h13H,3-12H2,1-2H3,(H,16,18). The van der Waals surface area contributed by atoms with Crippen molar-refractivity contribution in [2.45, 2.75) is 39.5 Å². The average Bonchev–Trinajstić information content (AvgIpc) is 2.42. The molecule has 4 nitrogen and oxygen atoms in total. The molecule has 0 saturated carbocycles. The van der Waals surface area contributed by atoms with Crippen LogP contribution in [0.5, 0.6) is 0 Å². The Morgan fingerprint density at radius 1 is 1.39 bits per heavy atom. The molecular formula is C14H28N3O. The van der Waals surface area contributed by atoms with Crippen LogP contribution in [0.4, 0.5) is 0 Å².